The van der Waals surface area contributed by atoms with Crippen LogP contribution < -0.4 is 4.74 Å². The molecule has 0 N–H and O–H groups in total. The molecule has 2 unspecified atom stereocenters. The molecule has 0 radical (unpaired) electrons. The second kappa shape index (κ2) is 11.4. The van der Waals surface area contributed by atoms with Crippen molar-refractivity contribution in [3.63, 3.8) is 0 Å². The number of ether oxygens (including phenoxy) is 1. The SMILES string of the molecule is CC12C=CC=CC1c1c(-c3c4ccccc4c(-c4ccc5ccccc5c4)c4ccccc34)ccc(-c3ccc4oc(-c5ccccc5)cc4c3)c1O2. The second-order valence-electron chi connectivity index (χ2n) is 14.5. The van der Waals surface area contributed by atoms with E-state index < -0.39 is 5.60 Å². The summed E-state index contributed by atoms with van der Waals surface area (Å²) in [6, 6.07) is 56.9. The number of hydrogen-bond acceptors (Lipinski definition) is 2. The first-order valence-corrected chi connectivity index (χ1v) is 18.4. The van der Waals surface area contributed by atoms with Crippen LogP contribution in [-0.4, -0.2) is 5.60 Å². The minimum Gasteiger partial charge on any atom is -0.482 e. The maximum atomic E-state index is 7.13. The van der Waals surface area contributed by atoms with Gasteiger partial charge in [-0.3, -0.25) is 0 Å². The molecule has 0 amide bonds. The molecule has 2 aliphatic rings. The number of furan rings is 1. The Labute approximate surface area is 307 Å². The quantitative estimate of drug-likeness (QED) is 0.173. The van der Waals surface area contributed by atoms with E-state index in [1.54, 1.807) is 0 Å². The Morgan fingerprint density at radius 3 is 1.91 bits per heavy atom. The van der Waals surface area contributed by atoms with Crippen LogP contribution in [0.2, 0.25) is 0 Å². The van der Waals surface area contributed by atoms with Crippen LogP contribution in [0.4, 0.5) is 0 Å². The highest BCUT2D eigenvalue weighted by Crippen LogP contribution is 2.57. The molecule has 9 aromatic rings. The van der Waals surface area contributed by atoms with Gasteiger partial charge < -0.3 is 9.15 Å². The Hall–Kier alpha value is -6.64. The normalized spacial score (nSPS) is 17.4. The molecule has 0 saturated heterocycles. The van der Waals surface area contributed by atoms with E-state index in [1.807, 2.05) is 18.2 Å². The van der Waals surface area contributed by atoms with Crippen LogP contribution in [0.1, 0.15) is 18.4 Å². The molecule has 2 nitrogen and oxygen atoms in total. The van der Waals surface area contributed by atoms with E-state index in [0.29, 0.717) is 0 Å². The highest BCUT2D eigenvalue weighted by atomic mass is 16.5. The zero-order chi connectivity index (χ0) is 35.1. The lowest BCUT2D eigenvalue weighted by molar-refractivity contribution is 0.156. The van der Waals surface area contributed by atoms with Crippen molar-refractivity contribution >= 4 is 43.3 Å². The molecule has 8 aromatic carbocycles. The van der Waals surface area contributed by atoms with Crippen LogP contribution in [0.5, 0.6) is 5.75 Å². The number of hydrogen-bond donors (Lipinski definition) is 0. The summed E-state index contributed by atoms with van der Waals surface area (Å²) in [4.78, 5) is 0. The van der Waals surface area contributed by atoms with Gasteiger partial charge in [0.05, 0.1) is 0 Å². The topological polar surface area (TPSA) is 22.4 Å². The standard InChI is InChI=1S/C51H34O2/c1-51-28-12-11-21-44(51)49-43(26-25-38(50(49)53-51)35-24-27-45-37(30-35)31-46(52-45)33-14-3-2-4-15-33)48-41-19-9-7-17-39(41)47(40-18-8-10-20-42(40)48)36-23-22-32-13-5-6-16-34(32)29-36/h2-31,44H,1H3. The second-order valence-corrected chi connectivity index (χ2v) is 14.5. The van der Waals surface area contributed by atoms with Gasteiger partial charge in [-0.15, -0.1) is 0 Å². The largest absolute Gasteiger partial charge is 0.482 e. The number of allylic oxidation sites excluding steroid dienone is 2. The third-order valence-corrected chi connectivity index (χ3v) is 11.4. The predicted molar refractivity (Wildman–Crippen MR) is 221 cm³/mol. The molecular weight excluding hydrogens is 645 g/mol. The molecule has 2 heterocycles. The van der Waals surface area contributed by atoms with Crippen molar-refractivity contribution in [2.75, 3.05) is 0 Å². The van der Waals surface area contributed by atoms with Gasteiger partial charge in [0.2, 0.25) is 0 Å². The van der Waals surface area contributed by atoms with Crippen LogP contribution in [-0.2, 0) is 0 Å². The molecule has 11 rings (SSSR count). The summed E-state index contributed by atoms with van der Waals surface area (Å²) in [6.07, 6.45) is 8.82. The monoisotopic (exact) mass is 678 g/mol. The third kappa shape index (κ3) is 4.59. The Balaban J connectivity index is 1.16. The van der Waals surface area contributed by atoms with Gasteiger partial charge in [-0.25, -0.2) is 0 Å². The Bertz CT molecular complexity index is 2940. The van der Waals surface area contributed by atoms with Gasteiger partial charge in [0.25, 0.3) is 0 Å². The van der Waals surface area contributed by atoms with Gasteiger partial charge >= 0.3 is 0 Å². The maximum Gasteiger partial charge on any atom is 0.135 e. The average molecular weight is 679 g/mol. The molecule has 2 atom stereocenters. The van der Waals surface area contributed by atoms with Crippen molar-refractivity contribution in [1.29, 1.82) is 0 Å². The van der Waals surface area contributed by atoms with E-state index in [9.17, 15) is 0 Å². The Morgan fingerprint density at radius 1 is 0.491 bits per heavy atom. The molecule has 250 valence electrons. The molecule has 1 aliphatic heterocycles. The molecule has 0 spiro atoms. The molecule has 1 aromatic heterocycles. The summed E-state index contributed by atoms with van der Waals surface area (Å²) >= 11 is 0. The average Bonchev–Trinajstić information content (AvgIpc) is 3.78. The van der Waals surface area contributed by atoms with Gasteiger partial charge in [-0.2, -0.15) is 0 Å². The van der Waals surface area contributed by atoms with E-state index in [1.165, 1.54) is 60.1 Å². The Kier molecular flexibility index (Phi) is 6.48. The van der Waals surface area contributed by atoms with E-state index >= 15 is 0 Å². The fourth-order valence-corrected chi connectivity index (χ4v) is 8.91. The Morgan fingerprint density at radius 2 is 1.13 bits per heavy atom. The van der Waals surface area contributed by atoms with Gasteiger partial charge in [0.1, 0.15) is 22.7 Å². The molecule has 0 bridgehead atoms. The molecular formula is C51H34O2. The predicted octanol–water partition coefficient (Wildman–Crippen LogP) is 13.9. The van der Waals surface area contributed by atoms with E-state index in [0.717, 1.165) is 39.2 Å². The van der Waals surface area contributed by atoms with Crippen molar-refractivity contribution in [2.24, 2.45) is 0 Å². The summed E-state index contributed by atoms with van der Waals surface area (Å²) in [5.41, 5.74) is 9.83. The van der Waals surface area contributed by atoms with Crippen LogP contribution >= 0.6 is 0 Å². The first-order chi connectivity index (χ1) is 26.1. The summed E-state index contributed by atoms with van der Waals surface area (Å²) in [7, 11) is 0. The highest BCUT2D eigenvalue weighted by molar-refractivity contribution is 6.22. The van der Waals surface area contributed by atoms with Gasteiger partial charge in [0.15, 0.2) is 0 Å². The summed E-state index contributed by atoms with van der Waals surface area (Å²) in [5.74, 6) is 1.87. The fraction of sp³-hybridized carbons (Fsp3) is 0.0588. The maximum absolute atomic E-state index is 7.13. The summed E-state index contributed by atoms with van der Waals surface area (Å²) < 4.78 is 13.4. The van der Waals surface area contributed by atoms with E-state index in [-0.39, 0.29) is 5.92 Å². The van der Waals surface area contributed by atoms with Gasteiger partial charge in [-0.1, -0.05) is 152 Å². The number of rotatable bonds is 4. The zero-order valence-electron chi connectivity index (χ0n) is 29.2. The lowest BCUT2D eigenvalue weighted by Gasteiger charge is -2.28. The summed E-state index contributed by atoms with van der Waals surface area (Å²) in [5, 5.41) is 8.53. The van der Waals surface area contributed by atoms with Crippen molar-refractivity contribution in [3.8, 4) is 50.5 Å². The summed E-state index contributed by atoms with van der Waals surface area (Å²) in [6.45, 7) is 2.22. The van der Waals surface area contributed by atoms with Gasteiger partial charge in [-0.05, 0) is 97.4 Å². The van der Waals surface area contributed by atoms with Crippen molar-refractivity contribution in [3.05, 3.63) is 188 Å². The fourth-order valence-electron chi connectivity index (χ4n) is 8.91. The highest BCUT2D eigenvalue weighted by Gasteiger charge is 2.45. The van der Waals surface area contributed by atoms with Crippen LogP contribution in [0.3, 0.4) is 0 Å². The zero-order valence-corrected chi connectivity index (χ0v) is 29.2. The molecule has 53 heavy (non-hydrogen) atoms. The molecule has 0 fully saturated rings. The van der Waals surface area contributed by atoms with E-state index in [4.69, 9.17) is 9.15 Å². The third-order valence-electron chi connectivity index (χ3n) is 11.4. The molecule has 2 heteroatoms. The smallest absolute Gasteiger partial charge is 0.135 e. The number of benzene rings is 8. The van der Waals surface area contributed by atoms with Gasteiger partial charge in [0, 0.05) is 28.0 Å². The lowest BCUT2D eigenvalue weighted by Crippen LogP contribution is -2.32. The lowest BCUT2D eigenvalue weighted by atomic mass is 9.77. The minimum absolute atomic E-state index is 0.0532. The van der Waals surface area contributed by atoms with Crippen molar-refractivity contribution in [1.82, 2.24) is 0 Å². The van der Waals surface area contributed by atoms with E-state index in [2.05, 4.69) is 171 Å². The van der Waals surface area contributed by atoms with Crippen LogP contribution in [0.25, 0.3) is 88.0 Å². The first kappa shape index (κ1) is 30.0. The number of fused-ring (bicyclic) bond motifs is 7. The first-order valence-electron chi connectivity index (χ1n) is 18.4. The van der Waals surface area contributed by atoms with Crippen molar-refractivity contribution in [2.45, 2.75) is 18.4 Å². The van der Waals surface area contributed by atoms with Crippen molar-refractivity contribution < 1.29 is 9.15 Å². The molecule has 1 aliphatic carbocycles. The molecule has 0 saturated carbocycles. The van der Waals surface area contributed by atoms with Crippen LogP contribution in [0.15, 0.2) is 186 Å². The van der Waals surface area contributed by atoms with Crippen LogP contribution in [0, 0.1) is 0 Å². The minimum atomic E-state index is -0.501.